The van der Waals surface area contributed by atoms with Gasteiger partial charge in [-0.1, -0.05) is 17.3 Å². The van der Waals surface area contributed by atoms with Crippen LogP contribution in [0.1, 0.15) is 29.4 Å². The number of anilines is 1. The van der Waals surface area contributed by atoms with Gasteiger partial charge in [0.25, 0.3) is 0 Å². The van der Waals surface area contributed by atoms with Crippen LogP contribution in [-0.4, -0.2) is 29.4 Å². The van der Waals surface area contributed by atoms with Crippen molar-refractivity contribution in [3.05, 3.63) is 53.4 Å². The van der Waals surface area contributed by atoms with E-state index < -0.39 is 0 Å². The second kappa shape index (κ2) is 6.37. The molecule has 3 heterocycles. The van der Waals surface area contributed by atoms with E-state index in [1.807, 2.05) is 55.1 Å². The van der Waals surface area contributed by atoms with E-state index in [2.05, 4.69) is 10.1 Å². The third-order valence-corrected chi connectivity index (χ3v) is 5.20. The quantitative estimate of drug-likeness (QED) is 0.694. The lowest BCUT2D eigenvalue weighted by Crippen LogP contribution is -2.25. The number of benzene rings is 2. The monoisotopic (exact) mass is 377 g/mol. The van der Waals surface area contributed by atoms with Crippen molar-refractivity contribution in [2.24, 2.45) is 0 Å². The van der Waals surface area contributed by atoms with Crippen LogP contribution in [0.25, 0.3) is 11.4 Å². The molecule has 1 amide bonds. The highest BCUT2D eigenvalue weighted by molar-refractivity contribution is 5.97. The van der Waals surface area contributed by atoms with Gasteiger partial charge in [0.1, 0.15) is 0 Å². The van der Waals surface area contributed by atoms with Gasteiger partial charge in [-0.25, -0.2) is 0 Å². The minimum Gasteiger partial charge on any atom is -0.454 e. The first kappa shape index (κ1) is 16.8. The average molecular weight is 377 g/mol. The van der Waals surface area contributed by atoms with Gasteiger partial charge in [0.2, 0.25) is 24.4 Å². The minimum atomic E-state index is -0.123. The number of nitrogens with zero attached hydrogens (tertiary/aromatic N) is 3. The predicted octanol–water partition coefficient (Wildman–Crippen LogP) is 3.60. The summed E-state index contributed by atoms with van der Waals surface area (Å²) in [6.07, 6.45) is 0.357. The number of ether oxygens (including phenoxy) is 2. The number of hydrogen-bond acceptors (Lipinski definition) is 6. The largest absolute Gasteiger partial charge is 0.454 e. The predicted molar refractivity (Wildman–Crippen MR) is 101 cm³/mol. The van der Waals surface area contributed by atoms with Gasteiger partial charge in [0.15, 0.2) is 11.5 Å². The lowest BCUT2D eigenvalue weighted by Gasteiger charge is -2.19. The number of carbonyl (C=O) groups is 1. The zero-order valence-electron chi connectivity index (χ0n) is 15.6. The third-order valence-electron chi connectivity index (χ3n) is 5.20. The molecule has 142 valence electrons. The molecule has 2 aromatic carbocycles. The maximum absolute atomic E-state index is 12.6. The first-order valence-electron chi connectivity index (χ1n) is 9.20. The number of rotatable bonds is 3. The van der Waals surface area contributed by atoms with Crippen molar-refractivity contribution in [3.63, 3.8) is 0 Å². The first-order valence-corrected chi connectivity index (χ1v) is 9.20. The molecule has 5 rings (SSSR count). The smallest absolute Gasteiger partial charge is 0.232 e. The molecule has 7 nitrogen and oxygen atoms in total. The van der Waals surface area contributed by atoms with Gasteiger partial charge in [-0.05, 0) is 49.2 Å². The molecule has 0 spiro atoms. The van der Waals surface area contributed by atoms with Crippen molar-refractivity contribution in [1.82, 2.24) is 10.1 Å². The molecule has 0 radical (unpaired) electrons. The van der Waals surface area contributed by atoms with Gasteiger partial charge in [0, 0.05) is 24.2 Å². The second-order valence-electron chi connectivity index (χ2n) is 7.22. The van der Waals surface area contributed by atoms with Gasteiger partial charge in [-0.3, -0.25) is 4.79 Å². The van der Waals surface area contributed by atoms with E-state index in [1.165, 1.54) is 0 Å². The van der Waals surface area contributed by atoms with Crippen LogP contribution in [0.15, 0.2) is 40.9 Å². The Kier molecular flexibility index (Phi) is 3.82. The molecule has 1 aromatic heterocycles. The number of aryl methyl sites for hydroxylation is 2. The summed E-state index contributed by atoms with van der Waals surface area (Å²) in [6.45, 7) is 4.79. The Bertz CT molecular complexity index is 1080. The van der Waals surface area contributed by atoms with Gasteiger partial charge < -0.3 is 18.9 Å². The van der Waals surface area contributed by atoms with E-state index in [0.29, 0.717) is 36.2 Å². The summed E-state index contributed by atoms with van der Waals surface area (Å²) in [5.74, 6) is 2.28. The highest BCUT2D eigenvalue weighted by Crippen LogP contribution is 2.37. The zero-order valence-corrected chi connectivity index (χ0v) is 15.6. The first-order chi connectivity index (χ1) is 13.6. The topological polar surface area (TPSA) is 77.7 Å². The summed E-state index contributed by atoms with van der Waals surface area (Å²) in [7, 11) is 0. The molecular formula is C21H19N3O4. The third kappa shape index (κ3) is 2.79. The summed E-state index contributed by atoms with van der Waals surface area (Å²) in [5, 5.41) is 4.10. The molecule has 1 saturated heterocycles. The number of carbonyl (C=O) groups excluding carboxylic acids is 1. The van der Waals surface area contributed by atoms with E-state index in [9.17, 15) is 4.79 Å². The minimum absolute atomic E-state index is 0.0709. The molecule has 1 fully saturated rings. The maximum Gasteiger partial charge on any atom is 0.232 e. The molecule has 0 aliphatic carbocycles. The van der Waals surface area contributed by atoms with Crippen LogP contribution < -0.4 is 14.4 Å². The molecule has 2 aliphatic heterocycles. The second-order valence-corrected chi connectivity index (χ2v) is 7.22. The molecular weight excluding hydrogens is 358 g/mol. The molecule has 0 unspecified atom stereocenters. The summed E-state index contributed by atoms with van der Waals surface area (Å²) < 4.78 is 16.2. The van der Waals surface area contributed by atoms with Crippen LogP contribution in [0.4, 0.5) is 5.69 Å². The van der Waals surface area contributed by atoms with Crippen LogP contribution in [0.5, 0.6) is 11.5 Å². The number of hydrogen-bond donors (Lipinski definition) is 0. The van der Waals surface area contributed by atoms with Crippen molar-refractivity contribution in [1.29, 1.82) is 0 Å². The van der Waals surface area contributed by atoms with Crippen molar-refractivity contribution in [2.75, 3.05) is 18.2 Å². The Morgan fingerprint density at radius 3 is 2.82 bits per heavy atom. The van der Waals surface area contributed by atoms with Crippen molar-refractivity contribution in [3.8, 4) is 22.9 Å². The van der Waals surface area contributed by atoms with Gasteiger partial charge in [-0.2, -0.15) is 4.98 Å². The van der Waals surface area contributed by atoms with Crippen LogP contribution in [0.3, 0.4) is 0 Å². The van der Waals surface area contributed by atoms with Gasteiger partial charge in [-0.15, -0.1) is 0 Å². The van der Waals surface area contributed by atoms with Crippen molar-refractivity contribution in [2.45, 2.75) is 26.2 Å². The number of amides is 1. The van der Waals surface area contributed by atoms with Crippen LogP contribution in [-0.2, 0) is 4.79 Å². The van der Waals surface area contributed by atoms with Crippen molar-refractivity contribution >= 4 is 11.6 Å². The van der Waals surface area contributed by atoms with E-state index in [-0.39, 0.29) is 18.6 Å². The Morgan fingerprint density at radius 2 is 1.93 bits per heavy atom. The SMILES string of the molecule is Cc1ccc(C)c(N2C[C@H](c3nc(-c4ccc5c(c4)OCO5)no3)CC2=O)c1. The number of fused-ring (bicyclic) bond motifs is 1. The fraction of sp³-hybridized carbons (Fsp3) is 0.286. The normalized spacial score (nSPS) is 18.1. The zero-order chi connectivity index (χ0) is 19.3. The number of aromatic nitrogens is 2. The average Bonchev–Trinajstić information content (AvgIpc) is 3.42. The standard InChI is InChI=1S/C21H19N3O4/c1-12-3-4-13(2)16(7-12)24-10-15(9-19(24)25)21-22-20(23-28-21)14-5-6-17-18(8-14)27-11-26-17/h3-8,15H,9-11H2,1-2H3/t15-/m1/s1. The lowest BCUT2D eigenvalue weighted by molar-refractivity contribution is -0.117. The molecule has 3 aromatic rings. The van der Waals surface area contributed by atoms with E-state index in [4.69, 9.17) is 14.0 Å². The summed E-state index contributed by atoms with van der Waals surface area (Å²) in [5.41, 5.74) is 3.93. The summed E-state index contributed by atoms with van der Waals surface area (Å²) >= 11 is 0. The molecule has 28 heavy (non-hydrogen) atoms. The molecule has 2 aliphatic rings. The molecule has 0 saturated carbocycles. The van der Waals surface area contributed by atoms with Crippen LogP contribution in [0.2, 0.25) is 0 Å². The molecule has 0 bridgehead atoms. The molecule has 1 atom stereocenters. The lowest BCUT2D eigenvalue weighted by atomic mass is 10.1. The Hall–Kier alpha value is -3.35. The highest BCUT2D eigenvalue weighted by atomic mass is 16.7. The van der Waals surface area contributed by atoms with Crippen LogP contribution >= 0.6 is 0 Å². The molecule has 0 N–H and O–H groups in total. The van der Waals surface area contributed by atoms with E-state index >= 15 is 0 Å². The fourth-order valence-corrected chi connectivity index (χ4v) is 3.67. The van der Waals surface area contributed by atoms with E-state index in [1.54, 1.807) is 0 Å². The Labute approximate surface area is 161 Å². The summed E-state index contributed by atoms with van der Waals surface area (Å²) in [4.78, 5) is 19.0. The molecule has 7 heteroatoms. The Balaban J connectivity index is 1.39. The van der Waals surface area contributed by atoms with Crippen LogP contribution in [0, 0.1) is 13.8 Å². The van der Waals surface area contributed by atoms with Crippen molar-refractivity contribution < 1.29 is 18.8 Å². The maximum atomic E-state index is 12.6. The van der Waals surface area contributed by atoms with Gasteiger partial charge >= 0.3 is 0 Å². The fourth-order valence-electron chi connectivity index (χ4n) is 3.67. The van der Waals surface area contributed by atoms with Gasteiger partial charge in [0.05, 0.1) is 5.92 Å². The highest BCUT2D eigenvalue weighted by Gasteiger charge is 2.35. The van der Waals surface area contributed by atoms with E-state index in [0.717, 1.165) is 22.4 Å². The Morgan fingerprint density at radius 1 is 1.07 bits per heavy atom. The summed E-state index contributed by atoms with van der Waals surface area (Å²) in [6, 6.07) is 11.7.